The molecular weight excluding hydrogens is 214 g/mol. The van der Waals surface area contributed by atoms with Gasteiger partial charge in [-0.3, -0.25) is 4.79 Å². The van der Waals surface area contributed by atoms with Gasteiger partial charge >= 0.3 is 0 Å². The zero-order valence-electron chi connectivity index (χ0n) is 8.63. The summed E-state index contributed by atoms with van der Waals surface area (Å²) in [5.41, 5.74) is 1.08. The first-order chi connectivity index (χ1) is 7.24. The van der Waals surface area contributed by atoms with Crippen LogP contribution < -0.4 is 10.1 Å². The summed E-state index contributed by atoms with van der Waals surface area (Å²) in [4.78, 5) is 10.8. The third-order valence-corrected chi connectivity index (χ3v) is 2.14. The molecule has 3 nitrogen and oxygen atoms in total. The predicted molar refractivity (Wildman–Crippen MR) is 60.4 cm³/mol. The first-order valence-electron chi connectivity index (χ1n) is 4.75. The van der Waals surface area contributed by atoms with E-state index in [9.17, 15) is 4.79 Å². The summed E-state index contributed by atoms with van der Waals surface area (Å²) in [7, 11) is 0. The SMILES string of the molecule is Cc1ccccc1OCCNC(=O)CCl. The molecule has 0 aromatic heterocycles. The van der Waals surface area contributed by atoms with Crippen molar-refractivity contribution in [2.45, 2.75) is 6.92 Å². The van der Waals surface area contributed by atoms with E-state index in [1.165, 1.54) is 0 Å². The second-order valence-electron chi connectivity index (χ2n) is 3.10. The number of nitrogens with one attached hydrogen (secondary N) is 1. The number of para-hydroxylation sites is 1. The molecule has 0 atom stereocenters. The van der Waals surface area contributed by atoms with Crippen molar-refractivity contribution in [1.29, 1.82) is 0 Å². The summed E-state index contributed by atoms with van der Waals surface area (Å²) in [5.74, 6) is 0.660. The minimum absolute atomic E-state index is 0.00956. The molecule has 0 aliphatic heterocycles. The average Bonchev–Trinajstić information content (AvgIpc) is 2.26. The number of carbonyl (C=O) groups is 1. The van der Waals surface area contributed by atoms with Crippen molar-refractivity contribution in [3.05, 3.63) is 29.8 Å². The predicted octanol–water partition coefficient (Wildman–Crippen LogP) is 1.73. The molecule has 1 aromatic carbocycles. The molecular formula is C11H14ClNO2. The van der Waals surface area contributed by atoms with Gasteiger partial charge in [0.05, 0.1) is 6.54 Å². The lowest BCUT2D eigenvalue weighted by molar-refractivity contribution is -0.118. The van der Waals surface area contributed by atoms with Gasteiger partial charge in [-0.25, -0.2) is 0 Å². The zero-order valence-corrected chi connectivity index (χ0v) is 9.38. The molecule has 0 heterocycles. The monoisotopic (exact) mass is 227 g/mol. The Labute approximate surface area is 94.4 Å². The number of halogens is 1. The van der Waals surface area contributed by atoms with Crippen LogP contribution in [-0.4, -0.2) is 24.9 Å². The van der Waals surface area contributed by atoms with E-state index < -0.39 is 0 Å². The number of benzene rings is 1. The number of amides is 1. The van der Waals surface area contributed by atoms with Gasteiger partial charge in [-0.2, -0.15) is 0 Å². The van der Waals surface area contributed by atoms with Crippen molar-refractivity contribution in [2.24, 2.45) is 0 Å². The second kappa shape index (κ2) is 6.30. The highest BCUT2D eigenvalue weighted by molar-refractivity contribution is 6.27. The molecule has 0 unspecified atom stereocenters. The standard InChI is InChI=1S/C11H14ClNO2/c1-9-4-2-3-5-10(9)15-7-6-13-11(14)8-12/h2-5H,6-8H2,1H3,(H,13,14). The maximum atomic E-state index is 10.8. The molecule has 82 valence electrons. The Morgan fingerprint density at radius 3 is 2.87 bits per heavy atom. The zero-order chi connectivity index (χ0) is 11.1. The second-order valence-corrected chi connectivity index (χ2v) is 3.36. The molecule has 0 saturated heterocycles. The van der Waals surface area contributed by atoms with Crippen LogP contribution in [0.15, 0.2) is 24.3 Å². The normalized spacial score (nSPS) is 9.73. The summed E-state index contributed by atoms with van der Waals surface area (Å²) in [6, 6.07) is 7.75. The fourth-order valence-corrected chi connectivity index (χ4v) is 1.21. The van der Waals surface area contributed by atoms with Gasteiger partial charge in [0, 0.05) is 0 Å². The van der Waals surface area contributed by atoms with Crippen LogP contribution in [0.5, 0.6) is 5.75 Å². The number of ether oxygens (including phenoxy) is 1. The van der Waals surface area contributed by atoms with Gasteiger partial charge in [-0.15, -0.1) is 11.6 Å². The smallest absolute Gasteiger partial charge is 0.235 e. The van der Waals surface area contributed by atoms with Crippen molar-refractivity contribution in [1.82, 2.24) is 5.32 Å². The van der Waals surface area contributed by atoms with Gasteiger partial charge in [0.2, 0.25) is 5.91 Å². The number of rotatable bonds is 5. The Morgan fingerprint density at radius 1 is 1.47 bits per heavy atom. The highest BCUT2D eigenvalue weighted by Gasteiger charge is 1.99. The van der Waals surface area contributed by atoms with E-state index in [-0.39, 0.29) is 11.8 Å². The molecule has 0 spiro atoms. The summed E-state index contributed by atoms with van der Waals surface area (Å²) < 4.78 is 5.47. The van der Waals surface area contributed by atoms with Crippen molar-refractivity contribution in [3.8, 4) is 5.75 Å². The first-order valence-corrected chi connectivity index (χ1v) is 5.28. The minimum Gasteiger partial charge on any atom is -0.491 e. The minimum atomic E-state index is -0.176. The molecule has 1 N–H and O–H groups in total. The summed E-state index contributed by atoms with van der Waals surface area (Å²) in [6.45, 7) is 2.90. The fraction of sp³-hybridized carbons (Fsp3) is 0.364. The van der Waals surface area contributed by atoms with Crippen LogP contribution in [0.2, 0.25) is 0 Å². The lowest BCUT2D eigenvalue weighted by atomic mass is 10.2. The molecule has 4 heteroatoms. The van der Waals surface area contributed by atoms with Gasteiger partial charge in [-0.05, 0) is 18.6 Å². The number of carbonyl (C=O) groups excluding carboxylic acids is 1. The van der Waals surface area contributed by atoms with Gasteiger partial charge < -0.3 is 10.1 Å². The maximum Gasteiger partial charge on any atom is 0.235 e. The average molecular weight is 228 g/mol. The van der Waals surface area contributed by atoms with Gasteiger partial charge in [0.25, 0.3) is 0 Å². The van der Waals surface area contributed by atoms with E-state index in [0.29, 0.717) is 13.2 Å². The Morgan fingerprint density at radius 2 is 2.20 bits per heavy atom. The van der Waals surface area contributed by atoms with Crippen molar-refractivity contribution < 1.29 is 9.53 Å². The van der Waals surface area contributed by atoms with Gasteiger partial charge in [0.1, 0.15) is 18.2 Å². The molecule has 1 aromatic rings. The molecule has 0 saturated carbocycles. The van der Waals surface area contributed by atoms with Crippen molar-refractivity contribution >= 4 is 17.5 Å². The highest BCUT2D eigenvalue weighted by Crippen LogP contribution is 2.15. The highest BCUT2D eigenvalue weighted by atomic mass is 35.5. The van der Waals surface area contributed by atoms with Crippen LogP contribution >= 0.6 is 11.6 Å². The van der Waals surface area contributed by atoms with E-state index in [0.717, 1.165) is 11.3 Å². The van der Waals surface area contributed by atoms with Crippen molar-refractivity contribution in [3.63, 3.8) is 0 Å². The van der Waals surface area contributed by atoms with Crippen LogP contribution in [0.1, 0.15) is 5.56 Å². The molecule has 0 aliphatic rings. The van der Waals surface area contributed by atoms with Gasteiger partial charge in [-0.1, -0.05) is 18.2 Å². The Bertz CT molecular complexity index is 328. The summed E-state index contributed by atoms with van der Waals surface area (Å²) >= 11 is 5.32. The van der Waals surface area contributed by atoms with E-state index in [1.807, 2.05) is 31.2 Å². The Kier molecular flexibility index (Phi) is 4.98. The van der Waals surface area contributed by atoms with E-state index >= 15 is 0 Å². The number of hydrogen-bond donors (Lipinski definition) is 1. The molecule has 0 radical (unpaired) electrons. The van der Waals surface area contributed by atoms with E-state index in [4.69, 9.17) is 16.3 Å². The molecule has 0 aliphatic carbocycles. The van der Waals surface area contributed by atoms with E-state index in [2.05, 4.69) is 5.32 Å². The summed E-state index contributed by atoms with van der Waals surface area (Å²) in [5, 5.41) is 2.63. The van der Waals surface area contributed by atoms with Crippen LogP contribution in [-0.2, 0) is 4.79 Å². The topological polar surface area (TPSA) is 38.3 Å². The molecule has 0 bridgehead atoms. The third kappa shape index (κ3) is 4.21. The quantitative estimate of drug-likeness (QED) is 0.615. The Hall–Kier alpha value is -1.22. The van der Waals surface area contributed by atoms with Gasteiger partial charge in [0.15, 0.2) is 0 Å². The molecule has 0 fully saturated rings. The molecule has 1 amide bonds. The van der Waals surface area contributed by atoms with Crippen LogP contribution in [0, 0.1) is 6.92 Å². The van der Waals surface area contributed by atoms with E-state index in [1.54, 1.807) is 0 Å². The number of aryl methyl sites for hydroxylation is 1. The lowest BCUT2D eigenvalue weighted by Gasteiger charge is -2.08. The van der Waals surface area contributed by atoms with Crippen LogP contribution in [0.3, 0.4) is 0 Å². The Balaban J connectivity index is 2.26. The third-order valence-electron chi connectivity index (χ3n) is 1.90. The van der Waals surface area contributed by atoms with Crippen molar-refractivity contribution in [2.75, 3.05) is 19.0 Å². The number of alkyl halides is 1. The lowest BCUT2D eigenvalue weighted by Crippen LogP contribution is -2.28. The first kappa shape index (κ1) is 11.9. The largest absolute Gasteiger partial charge is 0.491 e. The summed E-state index contributed by atoms with van der Waals surface area (Å²) in [6.07, 6.45) is 0. The van der Waals surface area contributed by atoms with Crippen LogP contribution in [0.4, 0.5) is 0 Å². The number of hydrogen-bond acceptors (Lipinski definition) is 2. The molecule has 1 rings (SSSR count). The molecule has 15 heavy (non-hydrogen) atoms. The maximum absolute atomic E-state index is 10.8. The van der Waals surface area contributed by atoms with Crippen LogP contribution in [0.25, 0.3) is 0 Å². The fourth-order valence-electron chi connectivity index (χ4n) is 1.12.